The van der Waals surface area contributed by atoms with Crippen molar-refractivity contribution in [3.8, 4) is 11.4 Å². The number of carbonyl (C=O) groups is 1. The highest BCUT2D eigenvalue weighted by Gasteiger charge is 2.38. The fourth-order valence-electron chi connectivity index (χ4n) is 2.70. The second-order valence-corrected chi connectivity index (χ2v) is 5.95. The summed E-state index contributed by atoms with van der Waals surface area (Å²) in [7, 11) is 0. The number of benzene rings is 1. The molecule has 0 spiro atoms. The topological polar surface area (TPSA) is 60.9 Å². The normalized spacial score (nSPS) is 15.2. The Hall–Kier alpha value is -2.64. The number of aromatic nitrogens is 3. The van der Waals surface area contributed by atoms with Gasteiger partial charge in [-0.25, -0.2) is 0 Å². The van der Waals surface area contributed by atoms with Crippen LogP contribution in [0.3, 0.4) is 0 Å². The zero-order valence-corrected chi connectivity index (χ0v) is 12.6. The Balaban J connectivity index is 1.81. The molecule has 0 unspecified atom stereocenters. The fourth-order valence-corrected chi connectivity index (χ4v) is 2.70. The highest BCUT2D eigenvalue weighted by atomic mass is 19.4. The van der Waals surface area contributed by atoms with Crippen molar-refractivity contribution in [1.29, 1.82) is 0 Å². The Kier molecular flexibility index (Phi) is 3.06. The summed E-state index contributed by atoms with van der Waals surface area (Å²) in [5, 5.41) is 4.26. The first-order valence-corrected chi connectivity index (χ1v) is 7.42. The fraction of sp³-hybridized carbons (Fsp3) is 0.312. The van der Waals surface area contributed by atoms with Gasteiger partial charge in [-0.2, -0.15) is 18.2 Å². The summed E-state index contributed by atoms with van der Waals surface area (Å²) in [6.07, 6.45) is -1.19. The molecule has 0 bridgehead atoms. The predicted octanol–water partition coefficient (Wildman–Crippen LogP) is 4.07. The van der Waals surface area contributed by atoms with Gasteiger partial charge in [0.25, 0.3) is 0 Å². The summed E-state index contributed by atoms with van der Waals surface area (Å²) >= 11 is 0. The SMILES string of the molecule is Cc1cn(C(=O)C2CC2)c2cc(-c3noc(C(F)(F)F)n3)ccc12. The maximum atomic E-state index is 12.6. The van der Waals surface area contributed by atoms with Gasteiger partial charge in [0, 0.05) is 23.1 Å². The van der Waals surface area contributed by atoms with Crippen LogP contribution < -0.4 is 0 Å². The van der Waals surface area contributed by atoms with Gasteiger partial charge in [-0.3, -0.25) is 9.36 Å². The van der Waals surface area contributed by atoms with E-state index in [2.05, 4.69) is 14.7 Å². The Bertz CT molecular complexity index is 951. The first kappa shape index (κ1) is 14.9. The Morgan fingerprint density at radius 2 is 2.08 bits per heavy atom. The van der Waals surface area contributed by atoms with Crippen LogP contribution in [-0.2, 0) is 6.18 Å². The van der Waals surface area contributed by atoms with E-state index in [-0.39, 0.29) is 17.6 Å². The van der Waals surface area contributed by atoms with E-state index in [0.29, 0.717) is 11.1 Å². The van der Waals surface area contributed by atoms with Gasteiger partial charge in [0.05, 0.1) is 5.52 Å². The lowest BCUT2D eigenvalue weighted by Crippen LogP contribution is -2.10. The largest absolute Gasteiger partial charge is 0.471 e. The second kappa shape index (κ2) is 4.93. The Morgan fingerprint density at radius 3 is 2.71 bits per heavy atom. The van der Waals surface area contributed by atoms with Crippen LogP contribution in [0, 0.1) is 12.8 Å². The van der Waals surface area contributed by atoms with Crippen molar-refractivity contribution in [2.45, 2.75) is 25.9 Å². The summed E-state index contributed by atoms with van der Waals surface area (Å²) in [4.78, 5) is 15.8. The number of halogens is 3. The molecule has 1 aliphatic carbocycles. The number of rotatable bonds is 2. The van der Waals surface area contributed by atoms with Crippen LogP contribution in [0.15, 0.2) is 28.9 Å². The molecule has 0 aliphatic heterocycles. The summed E-state index contributed by atoms with van der Waals surface area (Å²) in [5.74, 6) is -1.51. The first-order chi connectivity index (χ1) is 11.3. The zero-order valence-electron chi connectivity index (χ0n) is 12.6. The highest BCUT2D eigenvalue weighted by molar-refractivity contribution is 5.97. The molecule has 124 valence electrons. The molecule has 24 heavy (non-hydrogen) atoms. The third-order valence-corrected chi connectivity index (χ3v) is 4.10. The van der Waals surface area contributed by atoms with Crippen LogP contribution in [0.5, 0.6) is 0 Å². The van der Waals surface area contributed by atoms with Gasteiger partial charge in [0.2, 0.25) is 11.7 Å². The van der Waals surface area contributed by atoms with Crippen LogP contribution in [0.2, 0.25) is 0 Å². The molecule has 5 nitrogen and oxygen atoms in total. The van der Waals surface area contributed by atoms with Gasteiger partial charge in [0.15, 0.2) is 0 Å². The number of alkyl halides is 3. The van der Waals surface area contributed by atoms with Crippen LogP contribution in [0.25, 0.3) is 22.3 Å². The molecule has 0 N–H and O–H groups in total. The minimum Gasteiger partial charge on any atom is -0.329 e. The molecule has 2 heterocycles. The minimum absolute atomic E-state index is 0.00865. The van der Waals surface area contributed by atoms with Crippen molar-refractivity contribution in [2.24, 2.45) is 5.92 Å². The number of nitrogens with zero attached hydrogens (tertiary/aromatic N) is 3. The van der Waals surface area contributed by atoms with Gasteiger partial charge >= 0.3 is 12.1 Å². The van der Waals surface area contributed by atoms with Crippen molar-refractivity contribution < 1.29 is 22.5 Å². The van der Waals surface area contributed by atoms with Crippen molar-refractivity contribution in [2.75, 3.05) is 0 Å². The third kappa shape index (κ3) is 2.38. The van der Waals surface area contributed by atoms with E-state index in [9.17, 15) is 18.0 Å². The van der Waals surface area contributed by atoms with Gasteiger partial charge in [-0.05, 0) is 31.4 Å². The maximum absolute atomic E-state index is 12.6. The van der Waals surface area contributed by atoms with Crippen LogP contribution >= 0.6 is 0 Å². The Labute approximate surface area is 134 Å². The quantitative estimate of drug-likeness (QED) is 0.708. The number of aryl methyl sites for hydroxylation is 1. The van der Waals surface area contributed by atoms with Crippen molar-refractivity contribution >= 4 is 16.8 Å². The average molecular weight is 335 g/mol. The number of fused-ring (bicyclic) bond motifs is 1. The van der Waals surface area contributed by atoms with E-state index >= 15 is 0 Å². The van der Waals surface area contributed by atoms with Gasteiger partial charge in [-0.15, -0.1) is 0 Å². The lowest BCUT2D eigenvalue weighted by Gasteiger charge is -2.03. The van der Waals surface area contributed by atoms with Gasteiger partial charge < -0.3 is 4.52 Å². The minimum atomic E-state index is -4.69. The molecule has 3 aromatic rings. The summed E-state index contributed by atoms with van der Waals surface area (Å²) in [6.45, 7) is 1.88. The average Bonchev–Trinajstić information content (AvgIpc) is 3.15. The van der Waals surface area contributed by atoms with Gasteiger partial charge in [-0.1, -0.05) is 17.3 Å². The van der Waals surface area contributed by atoms with E-state index in [1.165, 1.54) is 0 Å². The molecule has 0 amide bonds. The summed E-state index contributed by atoms with van der Waals surface area (Å²) in [5.41, 5.74) is 1.93. The van der Waals surface area contributed by atoms with Crippen molar-refractivity contribution in [3.05, 3.63) is 35.9 Å². The maximum Gasteiger partial charge on any atom is 0.471 e. The second-order valence-electron chi connectivity index (χ2n) is 5.95. The third-order valence-electron chi connectivity index (χ3n) is 4.10. The number of carbonyl (C=O) groups excluding carboxylic acids is 1. The zero-order chi connectivity index (χ0) is 17.1. The molecular formula is C16H12F3N3O2. The van der Waals surface area contributed by atoms with E-state index in [0.717, 1.165) is 23.8 Å². The van der Waals surface area contributed by atoms with Crippen LogP contribution in [-0.4, -0.2) is 20.6 Å². The van der Waals surface area contributed by atoms with E-state index in [1.54, 1.807) is 29.0 Å². The lowest BCUT2D eigenvalue weighted by molar-refractivity contribution is -0.159. The molecular weight excluding hydrogens is 323 g/mol. The predicted molar refractivity (Wildman–Crippen MR) is 78.3 cm³/mol. The lowest BCUT2D eigenvalue weighted by atomic mass is 10.1. The number of hydrogen-bond donors (Lipinski definition) is 0. The van der Waals surface area contributed by atoms with E-state index in [1.807, 2.05) is 6.92 Å². The molecule has 1 fully saturated rings. The summed E-state index contributed by atoms with van der Waals surface area (Å²) < 4.78 is 43.6. The van der Waals surface area contributed by atoms with Crippen molar-refractivity contribution in [1.82, 2.24) is 14.7 Å². The molecule has 8 heteroatoms. The highest BCUT2D eigenvalue weighted by Crippen LogP contribution is 2.34. The van der Waals surface area contributed by atoms with Crippen LogP contribution in [0.1, 0.15) is 29.1 Å². The smallest absolute Gasteiger partial charge is 0.329 e. The molecule has 0 saturated heterocycles. The van der Waals surface area contributed by atoms with Gasteiger partial charge in [0.1, 0.15) is 0 Å². The summed E-state index contributed by atoms with van der Waals surface area (Å²) in [6, 6.07) is 4.99. The molecule has 1 saturated carbocycles. The van der Waals surface area contributed by atoms with Crippen LogP contribution in [0.4, 0.5) is 13.2 Å². The first-order valence-electron chi connectivity index (χ1n) is 7.42. The monoisotopic (exact) mass is 335 g/mol. The molecule has 2 aromatic heterocycles. The molecule has 1 aromatic carbocycles. The molecule has 0 atom stereocenters. The molecule has 1 aliphatic rings. The van der Waals surface area contributed by atoms with Crippen molar-refractivity contribution in [3.63, 3.8) is 0 Å². The van der Waals surface area contributed by atoms with E-state index in [4.69, 9.17) is 0 Å². The molecule has 0 radical (unpaired) electrons. The van der Waals surface area contributed by atoms with E-state index < -0.39 is 12.1 Å². The Morgan fingerprint density at radius 1 is 1.33 bits per heavy atom. The standard InChI is InChI=1S/C16H12F3N3O2/c1-8-7-22(14(23)9-2-3-9)12-6-10(4-5-11(8)12)13-20-15(24-21-13)16(17,18)19/h4-7,9H,2-3H2,1H3. The molecule has 4 rings (SSSR count). The number of hydrogen-bond acceptors (Lipinski definition) is 4.